The van der Waals surface area contributed by atoms with E-state index in [9.17, 15) is 19.0 Å². The summed E-state index contributed by atoms with van der Waals surface area (Å²) >= 11 is 0. The van der Waals surface area contributed by atoms with E-state index in [4.69, 9.17) is 18.5 Å². The number of likely N-dealkylation sites (N-methyl/N-ethyl adjacent to an activating group) is 1. The number of rotatable bonds is 41. The number of hydrogen-bond donors (Lipinski definition) is 0. The SMILES string of the molecule is CCCCCC/C=C/CCCCCCCCCC(=O)OC(COC(=O)CCCCCCCCCCCCCCCCC)COP(=O)([O-])OCC[N+](C)(C)C. The van der Waals surface area contributed by atoms with Gasteiger partial charge in [-0.05, 0) is 38.5 Å². The predicted octanol–water partition coefficient (Wildman–Crippen LogP) is 11.9. The zero-order valence-corrected chi connectivity index (χ0v) is 36.8. The van der Waals surface area contributed by atoms with Gasteiger partial charge >= 0.3 is 11.9 Å². The third-order valence-corrected chi connectivity index (χ3v) is 10.7. The highest BCUT2D eigenvalue weighted by Gasteiger charge is 2.21. The highest BCUT2D eigenvalue weighted by atomic mass is 31.2. The van der Waals surface area contributed by atoms with Gasteiger partial charge in [0.1, 0.15) is 19.8 Å². The molecule has 0 saturated heterocycles. The van der Waals surface area contributed by atoms with Crippen LogP contribution in [-0.2, 0) is 32.7 Å². The fourth-order valence-corrected chi connectivity index (χ4v) is 6.97. The number of unbranched alkanes of at least 4 members (excludes halogenated alkanes) is 25. The van der Waals surface area contributed by atoms with E-state index in [1.54, 1.807) is 0 Å². The van der Waals surface area contributed by atoms with Crippen LogP contribution in [0.3, 0.4) is 0 Å². The third-order valence-electron chi connectivity index (χ3n) is 9.79. The topological polar surface area (TPSA) is 111 Å². The van der Waals surface area contributed by atoms with Gasteiger partial charge < -0.3 is 27.9 Å². The second kappa shape index (κ2) is 37.3. The molecule has 0 saturated carbocycles. The number of esters is 2. The Morgan fingerprint density at radius 1 is 0.556 bits per heavy atom. The van der Waals surface area contributed by atoms with Gasteiger partial charge in [0.15, 0.2) is 6.10 Å². The molecule has 0 fully saturated rings. The summed E-state index contributed by atoms with van der Waals surface area (Å²) in [5.41, 5.74) is 0. The Bertz CT molecular complexity index is 938. The molecule has 0 aliphatic carbocycles. The minimum atomic E-state index is -4.62. The van der Waals surface area contributed by atoms with Crippen LogP contribution in [0.4, 0.5) is 0 Å². The zero-order valence-electron chi connectivity index (χ0n) is 35.9. The van der Waals surface area contributed by atoms with Crippen LogP contribution in [0, 0.1) is 0 Å². The van der Waals surface area contributed by atoms with Gasteiger partial charge in [-0.1, -0.05) is 167 Å². The number of carbonyl (C=O) groups is 2. The smallest absolute Gasteiger partial charge is 0.306 e. The lowest BCUT2D eigenvalue weighted by Gasteiger charge is -2.28. The fraction of sp³-hybridized carbons (Fsp3) is 0.909. The number of quaternary nitrogens is 1. The maximum absolute atomic E-state index is 12.7. The summed E-state index contributed by atoms with van der Waals surface area (Å²) in [6.45, 7) is 4.23. The molecule has 2 atom stereocenters. The minimum absolute atomic E-state index is 0.0286. The van der Waals surface area contributed by atoms with E-state index in [1.807, 2.05) is 21.1 Å². The van der Waals surface area contributed by atoms with Gasteiger partial charge in [0.25, 0.3) is 7.82 Å². The van der Waals surface area contributed by atoms with Crippen molar-refractivity contribution < 1.29 is 42.1 Å². The maximum Gasteiger partial charge on any atom is 0.306 e. The van der Waals surface area contributed by atoms with Gasteiger partial charge in [-0.2, -0.15) is 0 Å². The standard InChI is InChI=1S/C44H86NO8P/c1-6-8-10-12-14-16-18-20-22-24-26-28-30-32-34-36-43(46)50-40-42(41-52-54(48,49)51-39-38-45(3,4)5)53-44(47)37-35-33-31-29-27-25-23-21-19-17-15-13-11-9-7-2/h17,19,42H,6-16,18,20-41H2,1-5H3/b19-17+. The molecular formula is C44H86NO8P. The summed E-state index contributed by atoms with van der Waals surface area (Å²) in [5.74, 6) is -0.830. The van der Waals surface area contributed by atoms with Crippen molar-refractivity contribution in [3.05, 3.63) is 12.2 Å². The molecule has 0 amide bonds. The van der Waals surface area contributed by atoms with Gasteiger partial charge in [0, 0.05) is 12.8 Å². The Kier molecular flexibility index (Phi) is 36.5. The lowest BCUT2D eigenvalue weighted by Crippen LogP contribution is -2.37. The first-order chi connectivity index (χ1) is 26.0. The molecule has 0 aromatic rings. The van der Waals surface area contributed by atoms with Crippen LogP contribution in [0.15, 0.2) is 12.2 Å². The summed E-state index contributed by atoms with van der Waals surface area (Å²) in [6, 6.07) is 0. The molecule has 0 aromatic heterocycles. The average molecular weight is 788 g/mol. The Balaban J connectivity index is 4.33. The molecule has 0 spiro atoms. The van der Waals surface area contributed by atoms with Gasteiger partial charge in [0.05, 0.1) is 27.7 Å². The maximum atomic E-state index is 12.7. The lowest BCUT2D eigenvalue weighted by atomic mass is 10.0. The van der Waals surface area contributed by atoms with E-state index < -0.39 is 26.5 Å². The molecule has 0 rings (SSSR count). The monoisotopic (exact) mass is 788 g/mol. The first kappa shape index (κ1) is 52.8. The van der Waals surface area contributed by atoms with Crippen molar-refractivity contribution in [3.8, 4) is 0 Å². The first-order valence-electron chi connectivity index (χ1n) is 22.4. The Labute approximate surface area is 333 Å². The fourth-order valence-electron chi connectivity index (χ4n) is 6.24. The van der Waals surface area contributed by atoms with Crippen molar-refractivity contribution in [1.29, 1.82) is 0 Å². The summed E-state index contributed by atoms with van der Waals surface area (Å²) in [7, 11) is 1.17. The van der Waals surface area contributed by atoms with Crippen LogP contribution in [0.25, 0.3) is 0 Å². The molecule has 9 nitrogen and oxygen atoms in total. The van der Waals surface area contributed by atoms with E-state index in [-0.39, 0.29) is 32.0 Å². The summed E-state index contributed by atoms with van der Waals surface area (Å²) in [6.07, 6.45) is 38.0. The first-order valence-corrected chi connectivity index (χ1v) is 23.9. The number of nitrogens with zero attached hydrogens (tertiary/aromatic N) is 1. The summed E-state index contributed by atoms with van der Waals surface area (Å²) in [4.78, 5) is 37.5. The van der Waals surface area contributed by atoms with E-state index in [2.05, 4.69) is 26.0 Å². The van der Waals surface area contributed by atoms with Gasteiger partial charge in [-0.25, -0.2) is 0 Å². The second-order valence-electron chi connectivity index (χ2n) is 16.4. The van der Waals surface area contributed by atoms with Crippen LogP contribution in [0.5, 0.6) is 0 Å². The minimum Gasteiger partial charge on any atom is -0.756 e. The quantitative estimate of drug-likeness (QED) is 0.0198. The number of phosphoric ester groups is 1. The summed E-state index contributed by atoms with van der Waals surface area (Å²) in [5, 5.41) is 0. The van der Waals surface area contributed by atoms with Gasteiger partial charge in [-0.15, -0.1) is 0 Å². The second-order valence-corrected chi connectivity index (χ2v) is 17.8. The van der Waals surface area contributed by atoms with Crippen LogP contribution in [0.1, 0.15) is 206 Å². The molecule has 0 heterocycles. The van der Waals surface area contributed by atoms with Crippen molar-refractivity contribution in [1.82, 2.24) is 0 Å². The van der Waals surface area contributed by atoms with E-state index in [0.29, 0.717) is 17.4 Å². The van der Waals surface area contributed by atoms with Crippen molar-refractivity contribution in [3.63, 3.8) is 0 Å². The van der Waals surface area contributed by atoms with E-state index in [1.165, 1.54) is 128 Å². The van der Waals surface area contributed by atoms with Crippen molar-refractivity contribution >= 4 is 19.8 Å². The van der Waals surface area contributed by atoms with Crippen LogP contribution < -0.4 is 4.89 Å². The highest BCUT2D eigenvalue weighted by molar-refractivity contribution is 7.45. The van der Waals surface area contributed by atoms with Crippen LogP contribution in [-0.4, -0.2) is 70.0 Å². The normalized spacial score (nSPS) is 13.7. The van der Waals surface area contributed by atoms with E-state index >= 15 is 0 Å². The molecule has 2 unspecified atom stereocenters. The number of carbonyl (C=O) groups excluding carboxylic acids is 2. The molecule has 320 valence electrons. The molecule has 0 aliphatic heterocycles. The van der Waals surface area contributed by atoms with E-state index in [0.717, 1.165) is 44.9 Å². The average Bonchev–Trinajstić information content (AvgIpc) is 3.12. The molecule has 10 heteroatoms. The largest absolute Gasteiger partial charge is 0.756 e. The number of hydrogen-bond acceptors (Lipinski definition) is 8. The highest BCUT2D eigenvalue weighted by Crippen LogP contribution is 2.38. The molecular weight excluding hydrogens is 701 g/mol. The van der Waals surface area contributed by atoms with Crippen LogP contribution >= 0.6 is 7.82 Å². The number of allylic oxidation sites excluding steroid dienone is 2. The number of ether oxygens (including phenoxy) is 2. The molecule has 0 aliphatic rings. The molecule has 0 bridgehead atoms. The Hall–Kier alpha value is -1.25. The van der Waals surface area contributed by atoms with Crippen molar-refractivity contribution in [2.75, 3.05) is 47.5 Å². The third kappa shape index (κ3) is 40.4. The lowest BCUT2D eigenvalue weighted by molar-refractivity contribution is -0.870. The zero-order chi connectivity index (χ0) is 40.0. The van der Waals surface area contributed by atoms with Crippen LogP contribution in [0.2, 0.25) is 0 Å². The Morgan fingerprint density at radius 2 is 0.944 bits per heavy atom. The predicted molar refractivity (Wildman–Crippen MR) is 222 cm³/mol. The summed E-state index contributed by atoms with van der Waals surface area (Å²) < 4.78 is 33.9. The molecule has 0 radical (unpaired) electrons. The number of phosphoric acid groups is 1. The Morgan fingerprint density at radius 3 is 1.39 bits per heavy atom. The molecule has 0 N–H and O–H groups in total. The van der Waals surface area contributed by atoms with Gasteiger partial charge in [0.2, 0.25) is 0 Å². The van der Waals surface area contributed by atoms with Gasteiger partial charge in [-0.3, -0.25) is 14.2 Å². The van der Waals surface area contributed by atoms with Crippen molar-refractivity contribution in [2.24, 2.45) is 0 Å². The molecule has 0 aromatic carbocycles. The molecule has 54 heavy (non-hydrogen) atoms. The van der Waals surface area contributed by atoms with Crippen molar-refractivity contribution in [2.45, 2.75) is 213 Å².